The van der Waals surface area contributed by atoms with Crippen LogP contribution in [0.25, 0.3) is 0 Å². The minimum Gasteiger partial charge on any atom is -0.463 e. The average Bonchev–Trinajstić information content (AvgIpc) is 2.47. The summed E-state index contributed by atoms with van der Waals surface area (Å²) in [5.41, 5.74) is 0. The summed E-state index contributed by atoms with van der Waals surface area (Å²) in [5.74, 6) is -1.03. The molecule has 0 radical (unpaired) electrons. The van der Waals surface area contributed by atoms with Gasteiger partial charge in [-0.05, 0) is 0 Å². The van der Waals surface area contributed by atoms with Crippen LogP contribution in [0, 0.1) is 0 Å². The maximum Gasteiger partial charge on any atom is 0.305 e. The monoisotopic (exact) mass is 322 g/mol. The fraction of sp³-hybridized carbons (Fsp3) is 0.846. The highest BCUT2D eigenvalue weighted by molar-refractivity contribution is 5.66. The van der Waals surface area contributed by atoms with Gasteiger partial charge in [-0.2, -0.15) is 0 Å². The molecule has 0 aromatic rings. The molecule has 0 bridgehead atoms. The molecule has 0 amide bonds. The summed E-state index contributed by atoms with van der Waals surface area (Å²) < 4.78 is 36.6. The molecular weight excluding hydrogens is 300 g/mol. The van der Waals surface area contributed by atoms with E-state index in [-0.39, 0.29) is 6.61 Å². The largest absolute Gasteiger partial charge is 0.463 e. The summed E-state index contributed by atoms with van der Waals surface area (Å²) in [6, 6.07) is 0. The molecule has 0 saturated carbocycles. The molecule has 22 heavy (non-hydrogen) atoms. The molecular formula is C13H22O9. The predicted molar refractivity (Wildman–Crippen MR) is 70.5 cm³/mol. The number of carbonyl (C=O) groups is 2. The van der Waals surface area contributed by atoms with Gasteiger partial charge in [-0.3, -0.25) is 9.59 Å². The van der Waals surface area contributed by atoms with Crippen molar-refractivity contribution in [2.45, 2.75) is 44.9 Å². The van der Waals surface area contributed by atoms with Crippen molar-refractivity contribution in [1.82, 2.24) is 0 Å². The molecule has 1 aliphatic rings. The van der Waals surface area contributed by atoms with Gasteiger partial charge in [0.15, 0.2) is 6.10 Å². The van der Waals surface area contributed by atoms with Crippen LogP contribution in [0.2, 0.25) is 0 Å². The minimum atomic E-state index is -1.09. The Morgan fingerprint density at radius 1 is 0.955 bits per heavy atom. The summed E-state index contributed by atoms with van der Waals surface area (Å²) in [5, 5.41) is 0. The smallest absolute Gasteiger partial charge is 0.305 e. The van der Waals surface area contributed by atoms with Gasteiger partial charge in [0, 0.05) is 35.2 Å². The number of hydrogen-bond acceptors (Lipinski definition) is 9. The molecule has 1 fully saturated rings. The van der Waals surface area contributed by atoms with E-state index >= 15 is 0 Å². The highest BCUT2D eigenvalue weighted by Crippen LogP contribution is 2.26. The summed E-state index contributed by atoms with van der Waals surface area (Å²) in [4.78, 5) is 22.2. The van der Waals surface area contributed by atoms with E-state index in [0.29, 0.717) is 0 Å². The molecule has 1 rings (SSSR count). The first kappa shape index (κ1) is 18.8. The van der Waals surface area contributed by atoms with Gasteiger partial charge in [-0.25, -0.2) is 0 Å². The lowest BCUT2D eigenvalue weighted by Gasteiger charge is -2.41. The van der Waals surface area contributed by atoms with E-state index in [9.17, 15) is 9.59 Å². The fourth-order valence-corrected chi connectivity index (χ4v) is 1.91. The molecule has 0 spiro atoms. The zero-order valence-electron chi connectivity index (χ0n) is 13.3. The van der Waals surface area contributed by atoms with Crippen LogP contribution in [0.3, 0.4) is 0 Å². The van der Waals surface area contributed by atoms with Crippen molar-refractivity contribution in [1.29, 1.82) is 0 Å². The lowest BCUT2D eigenvalue weighted by molar-refractivity contribution is -0.396. The topological polar surface area (TPSA) is 98.8 Å². The Morgan fingerprint density at radius 2 is 1.55 bits per heavy atom. The van der Waals surface area contributed by atoms with Crippen molar-refractivity contribution in [2.75, 3.05) is 27.9 Å². The number of esters is 2. The Morgan fingerprint density at radius 3 is 2.00 bits per heavy atom. The maximum atomic E-state index is 11.2. The van der Waals surface area contributed by atoms with E-state index in [1.165, 1.54) is 35.2 Å². The van der Waals surface area contributed by atoms with Gasteiger partial charge in [0.1, 0.15) is 12.7 Å². The molecule has 1 aliphatic heterocycles. The Balaban J connectivity index is 2.87. The lowest BCUT2D eigenvalue weighted by Crippen LogP contribution is -2.57. The summed E-state index contributed by atoms with van der Waals surface area (Å²) in [7, 11) is 4.22. The zero-order valence-corrected chi connectivity index (χ0v) is 13.3. The van der Waals surface area contributed by atoms with Crippen LogP contribution in [-0.2, 0) is 42.7 Å². The number of ether oxygens (including phenoxy) is 7. The Kier molecular flexibility index (Phi) is 7.69. The molecule has 1 heterocycles. The van der Waals surface area contributed by atoms with Crippen LogP contribution < -0.4 is 0 Å². The van der Waals surface area contributed by atoms with E-state index < -0.39 is 43.0 Å². The first-order valence-electron chi connectivity index (χ1n) is 6.62. The van der Waals surface area contributed by atoms with E-state index in [1.54, 1.807) is 0 Å². The second-order valence-corrected chi connectivity index (χ2v) is 4.50. The van der Waals surface area contributed by atoms with E-state index in [2.05, 4.69) is 0 Å². The Hall–Kier alpha value is -1.26. The molecule has 1 saturated heterocycles. The third kappa shape index (κ3) is 5.18. The highest BCUT2D eigenvalue weighted by Gasteiger charge is 2.45. The van der Waals surface area contributed by atoms with Gasteiger partial charge >= 0.3 is 11.9 Å². The zero-order chi connectivity index (χ0) is 16.7. The van der Waals surface area contributed by atoms with Crippen molar-refractivity contribution in [2.24, 2.45) is 0 Å². The van der Waals surface area contributed by atoms with Crippen LogP contribution in [0.5, 0.6) is 0 Å². The van der Waals surface area contributed by atoms with Crippen LogP contribution in [0.15, 0.2) is 0 Å². The standard InChI is InChI=1S/C13H22O9/c1-7(14)19-6-9(16-3)10-11(20-8(2)15)22-13(18-5)12(17-4)21-10/h9-13H,6H2,1-5H3. The van der Waals surface area contributed by atoms with Gasteiger partial charge in [0.25, 0.3) is 0 Å². The second kappa shape index (κ2) is 9.01. The molecule has 0 aromatic carbocycles. The van der Waals surface area contributed by atoms with Crippen molar-refractivity contribution in [3.05, 3.63) is 0 Å². The molecule has 5 unspecified atom stereocenters. The number of hydrogen-bond donors (Lipinski definition) is 0. The summed E-state index contributed by atoms with van der Waals surface area (Å²) >= 11 is 0. The van der Waals surface area contributed by atoms with Gasteiger partial charge < -0.3 is 33.2 Å². The number of methoxy groups -OCH3 is 3. The van der Waals surface area contributed by atoms with E-state index in [0.717, 1.165) is 0 Å². The molecule has 9 heteroatoms. The predicted octanol–water partition coefficient (Wildman–Crippen LogP) is -0.186. The normalized spacial score (nSPS) is 29.7. The SMILES string of the molecule is COC(COC(C)=O)C1OC(OC)C(OC)OC1OC(C)=O. The average molecular weight is 322 g/mol. The summed E-state index contributed by atoms with van der Waals surface area (Å²) in [6.45, 7) is 2.41. The number of rotatable bonds is 7. The molecule has 0 N–H and O–H groups in total. The van der Waals surface area contributed by atoms with E-state index in [4.69, 9.17) is 33.2 Å². The lowest BCUT2D eigenvalue weighted by atomic mass is 10.2. The van der Waals surface area contributed by atoms with Crippen molar-refractivity contribution in [3.63, 3.8) is 0 Å². The van der Waals surface area contributed by atoms with Crippen molar-refractivity contribution >= 4 is 11.9 Å². The molecule has 9 nitrogen and oxygen atoms in total. The van der Waals surface area contributed by atoms with Gasteiger partial charge in [-0.1, -0.05) is 0 Å². The second-order valence-electron chi connectivity index (χ2n) is 4.50. The first-order valence-corrected chi connectivity index (χ1v) is 6.62. The van der Waals surface area contributed by atoms with Crippen LogP contribution >= 0.6 is 0 Å². The fourth-order valence-electron chi connectivity index (χ4n) is 1.91. The molecule has 0 aliphatic carbocycles. The highest BCUT2D eigenvalue weighted by atomic mass is 16.8. The molecule has 0 aromatic heterocycles. The third-order valence-corrected chi connectivity index (χ3v) is 2.92. The van der Waals surface area contributed by atoms with Crippen LogP contribution in [0.1, 0.15) is 13.8 Å². The Labute approximate surface area is 128 Å². The number of carbonyl (C=O) groups excluding carboxylic acids is 2. The maximum absolute atomic E-state index is 11.2. The molecule has 128 valence electrons. The third-order valence-electron chi connectivity index (χ3n) is 2.92. The van der Waals surface area contributed by atoms with Gasteiger partial charge in [0.2, 0.25) is 18.9 Å². The van der Waals surface area contributed by atoms with Crippen molar-refractivity contribution < 1.29 is 42.7 Å². The molecule has 5 atom stereocenters. The quantitative estimate of drug-likeness (QED) is 0.591. The minimum absolute atomic E-state index is 0.0916. The van der Waals surface area contributed by atoms with Gasteiger partial charge in [-0.15, -0.1) is 0 Å². The van der Waals surface area contributed by atoms with Gasteiger partial charge in [0.05, 0.1) is 0 Å². The van der Waals surface area contributed by atoms with Crippen molar-refractivity contribution in [3.8, 4) is 0 Å². The van der Waals surface area contributed by atoms with Crippen LogP contribution in [0.4, 0.5) is 0 Å². The van der Waals surface area contributed by atoms with Crippen LogP contribution in [-0.4, -0.2) is 71.0 Å². The Bertz CT molecular complexity index is 373. The van der Waals surface area contributed by atoms with E-state index in [1.807, 2.05) is 0 Å². The summed E-state index contributed by atoms with van der Waals surface area (Å²) in [6.07, 6.45) is -4.39. The first-order chi connectivity index (χ1) is 10.4.